The van der Waals surface area contributed by atoms with E-state index >= 15 is 0 Å². The second kappa shape index (κ2) is 6.80. The molecule has 1 amide bonds. The summed E-state index contributed by atoms with van der Waals surface area (Å²) in [6.07, 6.45) is 8.46. The summed E-state index contributed by atoms with van der Waals surface area (Å²) >= 11 is 0. The van der Waals surface area contributed by atoms with Gasteiger partial charge in [-0.25, -0.2) is 5.84 Å². The molecule has 0 saturated heterocycles. The number of carbonyl (C=O) groups is 1. The zero-order chi connectivity index (χ0) is 11.1. The summed E-state index contributed by atoms with van der Waals surface area (Å²) in [6, 6.07) is 0.665. The van der Waals surface area contributed by atoms with Crippen molar-refractivity contribution < 1.29 is 4.79 Å². The number of nitrogens with one attached hydrogen (secondary N) is 1. The number of rotatable bonds is 4. The Morgan fingerprint density at radius 1 is 1.33 bits per heavy atom. The molecule has 0 radical (unpaired) electrons. The van der Waals surface area contributed by atoms with E-state index in [9.17, 15) is 4.79 Å². The summed E-state index contributed by atoms with van der Waals surface area (Å²) in [4.78, 5) is 13.3. The third-order valence-corrected chi connectivity index (χ3v) is 3.30. The van der Waals surface area contributed by atoms with E-state index in [0.717, 1.165) is 6.54 Å². The summed E-state index contributed by atoms with van der Waals surface area (Å²) in [6.45, 7) is 0.813. The lowest BCUT2D eigenvalue weighted by molar-refractivity contribution is -0.121. The minimum atomic E-state index is -0.0736. The lowest BCUT2D eigenvalue weighted by Crippen LogP contribution is -2.37. The van der Waals surface area contributed by atoms with Gasteiger partial charge in [0.15, 0.2) is 0 Å². The molecule has 0 unspecified atom stereocenters. The monoisotopic (exact) mass is 213 g/mol. The standard InChI is InChI=1S/C11H23N3O/c1-14(9-8-11(15)13-12)10-6-4-2-3-5-7-10/h10H,2-9,12H2,1H3,(H,13,15). The number of hydrogen-bond acceptors (Lipinski definition) is 3. The highest BCUT2D eigenvalue weighted by molar-refractivity contribution is 5.75. The molecule has 1 aliphatic carbocycles. The third-order valence-electron chi connectivity index (χ3n) is 3.30. The number of nitrogens with two attached hydrogens (primary N) is 1. The minimum Gasteiger partial charge on any atom is -0.303 e. The molecule has 0 aromatic carbocycles. The average Bonchev–Trinajstić information content (AvgIpc) is 2.53. The molecule has 0 heterocycles. The van der Waals surface area contributed by atoms with Gasteiger partial charge in [-0.05, 0) is 19.9 Å². The van der Waals surface area contributed by atoms with Gasteiger partial charge in [-0.3, -0.25) is 10.2 Å². The van der Waals surface area contributed by atoms with E-state index in [0.29, 0.717) is 12.5 Å². The molecule has 1 aliphatic rings. The van der Waals surface area contributed by atoms with Crippen molar-refractivity contribution in [2.75, 3.05) is 13.6 Å². The van der Waals surface area contributed by atoms with Crippen LogP contribution in [0.3, 0.4) is 0 Å². The fourth-order valence-corrected chi connectivity index (χ4v) is 2.23. The van der Waals surface area contributed by atoms with Crippen LogP contribution >= 0.6 is 0 Å². The second-order valence-electron chi connectivity index (χ2n) is 4.44. The molecule has 88 valence electrons. The second-order valence-corrected chi connectivity index (χ2v) is 4.44. The highest BCUT2D eigenvalue weighted by atomic mass is 16.2. The Balaban J connectivity index is 2.24. The van der Waals surface area contributed by atoms with Crippen LogP contribution in [-0.2, 0) is 4.79 Å². The Morgan fingerprint density at radius 3 is 2.47 bits per heavy atom. The van der Waals surface area contributed by atoms with Gasteiger partial charge < -0.3 is 4.90 Å². The van der Waals surface area contributed by atoms with Gasteiger partial charge in [-0.15, -0.1) is 0 Å². The molecular weight excluding hydrogens is 190 g/mol. The van der Waals surface area contributed by atoms with Crippen LogP contribution in [0.25, 0.3) is 0 Å². The summed E-state index contributed by atoms with van der Waals surface area (Å²) in [7, 11) is 2.11. The quantitative estimate of drug-likeness (QED) is 0.317. The molecule has 1 fully saturated rings. The molecule has 1 saturated carbocycles. The third kappa shape index (κ3) is 4.62. The van der Waals surface area contributed by atoms with Gasteiger partial charge in [0.05, 0.1) is 0 Å². The first kappa shape index (κ1) is 12.5. The Labute approximate surface area is 92.2 Å². The zero-order valence-corrected chi connectivity index (χ0v) is 9.67. The largest absolute Gasteiger partial charge is 0.303 e. The lowest BCUT2D eigenvalue weighted by Gasteiger charge is -2.26. The van der Waals surface area contributed by atoms with Crippen molar-refractivity contribution in [2.24, 2.45) is 5.84 Å². The fraction of sp³-hybridized carbons (Fsp3) is 0.909. The molecular formula is C11H23N3O. The average molecular weight is 213 g/mol. The molecule has 4 nitrogen and oxygen atoms in total. The fourth-order valence-electron chi connectivity index (χ4n) is 2.23. The summed E-state index contributed by atoms with van der Waals surface area (Å²) in [5, 5.41) is 0. The highest BCUT2D eigenvalue weighted by Crippen LogP contribution is 2.20. The van der Waals surface area contributed by atoms with Gasteiger partial charge in [0.2, 0.25) is 5.91 Å². The minimum absolute atomic E-state index is 0.0736. The van der Waals surface area contributed by atoms with Crippen molar-refractivity contribution in [2.45, 2.75) is 51.0 Å². The van der Waals surface area contributed by atoms with E-state index < -0.39 is 0 Å². The lowest BCUT2D eigenvalue weighted by atomic mass is 10.1. The first-order valence-corrected chi connectivity index (χ1v) is 5.93. The molecule has 15 heavy (non-hydrogen) atoms. The van der Waals surface area contributed by atoms with Gasteiger partial charge in [0, 0.05) is 19.0 Å². The Hall–Kier alpha value is -0.610. The molecule has 0 aromatic heterocycles. The maximum absolute atomic E-state index is 11.0. The highest BCUT2D eigenvalue weighted by Gasteiger charge is 2.16. The molecule has 0 aliphatic heterocycles. The number of hydrogen-bond donors (Lipinski definition) is 2. The van der Waals surface area contributed by atoms with E-state index in [1.54, 1.807) is 0 Å². The number of amides is 1. The van der Waals surface area contributed by atoms with Crippen LogP contribution < -0.4 is 11.3 Å². The zero-order valence-electron chi connectivity index (χ0n) is 9.67. The summed E-state index contributed by atoms with van der Waals surface area (Å²) in [5.74, 6) is 4.97. The van der Waals surface area contributed by atoms with E-state index in [1.165, 1.54) is 38.5 Å². The predicted octanol–water partition coefficient (Wildman–Crippen LogP) is 1.02. The van der Waals surface area contributed by atoms with Crippen molar-refractivity contribution in [1.29, 1.82) is 0 Å². The van der Waals surface area contributed by atoms with Gasteiger partial charge in [0.25, 0.3) is 0 Å². The van der Waals surface area contributed by atoms with Crippen LogP contribution in [0.2, 0.25) is 0 Å². The van der Waals surface area contributed by atoms with Crippen LogP contribution in [0.15, 0.2) is 0 Å². The molecule has 1 rings (SSSR count). The van der Waals surface area contributed by atoms with Crippen LogP contribution in [0.1, 0.15) is 44.9 Å². The Morgan fingerprint density at radius 2 is 1.93 bits per heavy atom. The molecule has 4 heteroatoms. The van der Waals surface area contributed by atoms with Crippen molar-refractivity contribution >= 4 is 5.91 Å². The van der Waals surface area contributed by atoms with Crippen molar-refractivity contribution in [3.8, 4) is 0 Å². The molecule has 0 bridgehead atoms. The smallest absolute Gasteiger partial charge is 0.235 e. The van der Waals surface area contributed by atoms with Gasteiger partial charge in [0.1, 0.15) is 0 Å². The molecule has 0 aromatic rings. The molecule has 0 atom stereocenters. The maximum atomic E-state index is 11.0. The SMILES string of the molecule is CN(CCC(=O)NN)C1CCCCCC1. The Bertz CT molecular complexity index is 188. The first-order valence-electron chi connectivity index (χ1n) is 5.93. The van der Waals surface area contributed by atoms with E-state index in [4.69, 9.17) is 5.84 Å². The predicted molar refractivity (Wildman–Crippen MR) is 61.1 cm³/mol. The van der Waals surface area contributed by atoms with Crippen molar-refractivity contribution in [3.63, 3.8) is 0 Å². The van der Waals surface area contributed by atoms with Gasteiger partial charge >= 0.3 is 0 Å². The van der Waals surface area contributed by atoms with E-state index in [1.807, 2.05) is 0 Å². The Kier molecular flexibility index (Phi) is 5.65. The van der Waals surface area contributed by atoms with Gasteiger partial charge in [-0.1, -0.05) is 25.7 Å². The maximum Gasteiger partial charge on any atom is 0.235 e. The van der Waals surface area contributed by atoms with E-state index in [2.05, 4.69) is 17.4 Å². The van der Waals surface area contributed by atoms with Crippen molar-refractivity contribution in [1.82, 2.24) is 10.3 Å². The topological polar surface area (TPSA) is 58.4 Å². The van der Waals surface area contributed by atoms with Crippen LogP contribution in [0.4, 0.5) is 0 Å². The summed E-state index contributed by atoms with van der Waals surface area (Å²) in [5.41, 5.74) is 2.17. The van der Waals surface area contributed by atoms with Crippen molar-refractivity contribution in [3.05, 3.63) is 0 Å². The number of carbonyl (C=O) groups excluding carboxylic acids is 1. The van der Waals surface area contributed by atoms with E-state index in [-0.39, 0.29) is 5.91 Å². The van der Waals surface area contributed by atoms with Crippen LogP contribution in [0, 0.1) is 0 Å². The number of nitrogens with zero attached hydrogens (tertiary/aromatic N) is 1. The number of hydrazine groups is 1. The molecule has 0 spiro atoms. The van der Waals surface area contributed by atoms with Crippen LogP contribution in [0.5, 0.6) is 0 Å². The van der Waals surface area contributed by atoms with Gasteiger partial charge in [-0.2, -0.15) is 0 Å². The normalized spacial score (nSPS) is 18.9. The first-order chi connectivity index (χ1) is 7.24. The summed E-state index contributed by atoms with van der Waals surface area (Å²) < 4.78 is 0. The molecule has 3 N–H and O–H groups in total. The van der Waals surface area contributed by atoms with Crippen LogP contribution in [-0.4, -0.2) is 30.4 Å².